The van der Waals surface area contributed by atoms with Crippen molar-refractivity contribution in [1.82, 2.24) is 20.6 Å². The topological polar surface area (TPSA) is 150 Å². The van der Waals surface area contributed by atoms with Crippen molar-refractivity contribution < 1.29 is 19.5 Å². The molecule has 2 atom stereocenters. The zero-order valence-electron chi connectivity index (χ0n) is 12.5. The number of rotatable bonds is 8. The van der Waals surface area contributed by atoms with Gasteiger partial charge in [-0.05, 0) is 5.92 Å². The highest BCUT2D eigenvalue weighted by Crippen LogP contribution is 1.99. The first-order chi connectivity index (χ1) is 10.3. The van der Waals surface area contributed by atoms with E-state index in [1.807, 2.05) is 0 Å². The van der Waals surface area contributed by atoms with Crippen molar-refractivity contribution in [2.75, 3.05) is 6.54 Å². The van der Waals surface area contributed by atoms with Crippen LogP contribution in [0.15, 0.2) is 12.5 Å². The number of imidazole rings is 1. The van der Waals surface area contributed by atoms with E-state index in [-0.39, 0.29) is 18.9 Å². The number of hydrogen-bond acceptors (Lipinski definition) is 5. The van der Waals surface area contributed by atoms with Crippen LogP contribution in [0.1, 0.15) is 19.5 Å². The van der Waals surface area contributed by atoms with E-state index in [0.29, 0.717) is 5.69 Å². The number of nitrogens with one attached hydrogen (secondary N) is 3. The fourth-order valence-corrected chi connectivity index (χ4v) is 1.65. The molecular weight excluding hydrogens is 290 g/mol. The molecule has 9 nitrogen and oxygen atoms in total. The number of aromatic amines is 1. The maximum Gasteiger partial charge on any atom is 0.326 e. The van der Waals surface area contributed by atoms with Crippen LogP contribution in [0.4, 0.5) is 0 Å². The molecule has 9 heteroatoms. The second-order valence-electron chi connectivity index (χ2n) is 5.23. The molecule has 0 aliphatic heterocycles. The number of aliphatic carboxylic acids is 1. The summed E-state index contributed by atoms with van der Waals surface area (Å²) in [6, 6.07) is -1.82. The summed E-state index contributed by atoms with van der Waals surface area (Å²) in [5.74, 6) is -2.29. The zero-order chi connectivity index (χ0) is 16.7. The molecule has 122 valence electrons. The largest absolute Gasteiger partial charge is 0.480 e. The van der Waals surface area contributed by atoms with Crippen LogP contribution in [0.2, 0.25) is 0 Å². The third-order valence-electron chi connectivity index (χ3n) is 3.06. The van der Waals surface area contributed by atoms with E-state index >= 15 is 0 Å². The average Bonchev–Trinajstić information content (AvgIpc) is 2.95. The first-order valence-corrected chi connectivity index (χ1v) is 6.84. The number of amides is 2. The van der Waals surface area contributed by atoms with Gasteiger partial charge in [0.2, 0.25) is 11.8 Å². The molecular formula is C13H21N5O4. The van der Waals surface area contributed by atoms with Gasteiger partial charge in [-0.25, -0.2) is 9.78 Å². The quantitative estimate of drug-likeness (QED) is 0.399. The van der Waals surface area contributed by atoms with Gasteiger partial charge < -0.3 is 26.5 Å². The molecule has 0 spiro atoms. The van der Waals surface area contributed by atoms with Gasteiger partial charge in [0.15, 0.2) is 0 Å². The summed E-state index contributed by atoms with van der Waals surface area (Å²) in [6.07, 6.45) is 2.97. The van der Waals surface area contributed by atoms with Gasteiger partial charge in [0, 0.05) is 18.3 Å². The molecule has 0 aliphatic carbocycles. The van der Waals surface area contributed by atoms with Crippen molar-refractivity contribution in [3.63, 3.8) is 0 Å². The van der Waals surface area contributed by atoms with Gasteiger partial charge in [-0.3, -0.25) is 9.59 Å². The van der Waals surface area contributed by atoms with E-state index < -0.39 is 29.9 Å². The molecule has 0 aliphatic rings. The lowest BCUT2D eigenvalue weighted by atomic mass is 10.1. The van der Waals surface area contributed by atoms with Gasteiger partial charge in [0.05, 0.1) is 18.9 Å². The second-order valence-corrected chi connectivity index (χ2v) is 5.23. The monoisotopic (exact) mass is 311 g/mol. The highest BCUT2D eigenvalue weighted by molar-refractivity contribution is 5.89. The smallest absolute Gasteiger partial charge is 0.326 e. The van der Waals surface area contributed by atoms with E-state index in [0.717, 1.165) is 0 Å². The van der Waals surface area contributed by atoms with Gasteiger partial charge in [-0.2, -0.15) is 0 Å². The Morgan fingerprint density at radius 1 is 1.41 bits per heavy atom. The molecule has 2 amide bonds. The van der Waals surface area contributed by atoms with Crippen molar-refractivity contribution in [3.05, 3.63) is 18.2 Å². The maximum absolute atomic E-state index is 11.7. The Kier molecular flexibility index (Phi) is 6.51. The Bertz CT molecular complexity index is 515. The molecule has 0 bridgehead atoms. The van der Waals surface area contributed by atoms with Gasteiger partial charge in [-0.1, -0.05) is 13.8 Å². The Morgan fingerprint density at radius 3 is 2.59 bits per heavy atom. The summed E-state index contributed by atoms with van der Waals surface area (Å²) in [4.78, 5) is 41.0. The third kappa shape index (κ3) is 5.52. The number of nitrogens with zero attached hydrogens (tertiary/aromatic N) is 1. The van der Waals surface area contributed by atoms with E-state index in [9.17, 15) is 14.4 Å². The van der Waals surface area contributed by atoms with Crippen LogP contribution in [-0.4, -0.2) is 51.5 Å². The Balaban J connectivity index is 2.47. The summed E-state index contributed by atoms with van der Waals surface area (Å²) in [6.45, 7) is 3.25. The van der Waals surface area contributed by atoms with E-state index in [1.54, 1.807) is 13.8 Å². The molecule has 1 aromatic rings. The van der Waals surface area contributed by atoms with Gasteiger partial charge in [0.1, 0.15) is 6.04 Å². The predicted molar refractivity (Wildman–Crippen MR) is 77.7 cm³/mol. The summed E-state index contributed by atoms with van der Waals surface area (Å²) in [7, 11) is 0. The fourth-order valence-electron chi connectivity index (χ4n) is 1.65. The van der Waals surface area contributed by atoms with Crippen molar-refractivity contribution in [2.45, 2.75) is 32.4 Å². The van der Waals surface area contributed by atoms with Crippen LogP contribution in [0.3, 0.4) is 0 Å². The second kappa shape index (κ2) is 8.13. The summed E-state index contributed by atoms with van der Waals surface area (Å²) >= 11 is 0. The SMILES string of the molecule is CC(C)C(N)C(=O)NCC(=O)NC(Cc1cnc[nH]1)C(=O)O. The number of carbonyl (C=O) groups is 3. The van der Waals surface area contributed by atoms with Crippen LogP contribution >= 0.6 is 0 Å². The molecule has 0 saturated heterocycles. The number of carboxylic acid groups (broad SMARTS) is 1. The zero-order valence-corrected chi connectivity index (χ0v) is 12.5. The number of aromatic nitrogens is 2. The van der Waals surface area contributed by atoms with Crippen molar-refractivity contribution in [1.29, 1.82) is 0 Å². The Hall–Kier alpha value is -2.42. The molecule has 0 radical (unpaired) electrons. The van der Waals surface area contributed by atoms with Crippen molar-refractivity contribution in [2.24, 2.45) is 11.7 Å². The molecule has 1 heterocycles. The number of nitrogens with two attached hydrogens (primary N) is 1. The standard InChI is InChI=1S/C13H21N5O4/c1-7(2)11(14)12(20)16-5-10(19)18-9(13(21)22)3-8-4-15-6-17-8/h4,6-7,9,11H,3,5,14H2,1-2H3,(H,15,17)(H,16,20)(H,18,19)(H,21,22). The van der Waals surface area contributed by atoms with Gasteiger partial charge in [0.25, 0.3) is 0 Å². The van der Waals surface area contributed by atoms with Crippen LogP contribution in [0, 0.1) is 5.92 Å². The molecule has 0 fully saturated rings. The number of carbonyl (C=O) groups excluding carboxylic acids is 2. The highest BCUT2D eigenvalue weighted by atomic mass is 16.4. The average molecular weight is 311 g/mol. The van der Waals surface area contributed by atoms with Gasteiger partial charge >= 0.3 is 5.97 Å². The maximum atomic E-state index is 11.7. The minimum atomic E-state index is -1.17. The Morgan fingerprint density at radius 2 is 2.09 bits per heavy atom. The lowest BCUT2D eigenvalue weighted by Crippen LogP contribution is -2.50. The molecule has 6 N–H and O–H groups in total. The normalized spacial score (nSPS) is 13.5. The minimum Gasteiger partial charge on any atom is -0.480 e. The lowest BCUT2D eigenvalue weighted by molar-refractivity contribution is -0.141. The predicted octanol–water partition coefficient (Wildman–Crippen LogP) is -1.38. The molecule has 0 aromatic carbocycles. The lowest BCUT2D eigenvalue weighted by Gasteiger charge is -2.17. The van der Waals surface area contributed by atoms with Gasteiger partial charge in [-0.15, -0.1) is 0 Å². The number of hydrogen-bond donors (Lipinski definition) is 5. The van der Waals surface area contributed by atoms with Crippen LogP contribution < -0.4 is 16.4 Å². The summed E-state index contributed by atoms with van der Waals surface area (Å²) in [5.41, 5.74) is 6.22. The highest BCUT2D eigenvalue weighted by Gasteiger charge is 2.22. The van der Waals surface area contributed by atoms with E-state index in [1.165, 1.54) is 12.5 Å². The molecule has 22 heavy (non-hydrogen) atoms. The number of carboxylic acids is 1. The third-order valence-corrected chi connectivity index (χ3v) is 3.06. The van der Waals surface area contributed by atoms with E-state index in [2.05, 4.69) is 20.6 Å². The van der Waals surface area contributed by atoms with Crippen LogP contribution in [-0.2, 0) is 20.8 Å². The summed E-state index contributed by atoms with van der Waals surface area (Å²) in [5, 5.41) is 13.8. The number of H-pyrrole nitrogens is 1. The first kappa shape index (κ1) is 17.6. The molecule has 1 rings (SSSR count). The van der Waals surface area contributed by atoms with Crippen molar-refractivity contribution in [3.8, 4) is 0 Å². The summed E-state index contributed by atoms with van der Waals surface area (Å²) < 4.78 is 0. The molecule has 1 aromatic heterocycles. The Labute approximate surface area is 127 Å². The minimum absolute atomic E-state index is 0.0600. The first-order valence-electron chi connectivity index (χ1n) is 6.84. The van der Waals surface area contributed by atoms with Crippen molar-refractivity contribution >= 4 is 17.8 Å². The van der Waals surface area contributed by atoms with Crippen LogP contribution in [0.5, 0.6) is 0 Å². The van der Waals surface area contributed by atoms with Crippen LogP contribution in [0.25, 0.3) is 0 Å². The fraction of sp³-hybridized carbons (Fsp3) is 0.538. The molecule has 0 saturated carbocycles. The van der Waals surface area contributed by atoms with E-state index in [4.69, 9.17) is 10.8 Å². The molecule has 2 unspecified atom stereocenters.